The summed E-state index contributed by atoms with van der Waals surface area (Å²) in [5.74, 6) is -0.598. The monoisotopic (exact) mass is 389 g/mol. The number of carbonyl (C=O) groups is 2. The number of aryl methyl sites for hydroxylation is 1. The molecule has 2 rings (SSSR count). The molecule has 0 fully saturated rings. The van der Waals surface area contributed by atoms with Gasteiger partial charge in [-0.05, 0) is 37.2 Å². The molecule has 0 saturated heterocycles. The highest BCUT2D eigenvalue weighted by Gasteiger charge is 2.16. The first-order valence-corrected chi connectivity index (χ1v) is 9.95. The van der Waals surface area contributed by atoms with Gasteiger partial charge in [-0.25, -0.2) is 13.1 Å². The summed E-state index contributed by atoms with van der Waals surface area (Å²) in [5.41, 5.74) is 1.90. The number of amides is 2. The van der Waals surface area contributed by atoms with E-state index in [1.165, 1.54) is 19.2 Å². The van der Waals surface area contributed by atoms with Crippen molar-refractivity contribution < 1.29 is 18.0 Å². The molecule has 0 aromatic heterocycles. The van der Waals surface area contributed by atoms with Gasteiger partial charge in [0.2, 0.25) is 15.9 Å². The molecule has 0 atom stereocenters. The number of hydrogen-bond acceptors (Lipinski definition) is 4. The molecule has 2 aromatic rings. The largest absolute Gasteiger partial charge is 0.352 e. The molecule has 0 unspecified atom stereocenters. The van der Waals surface area contributed by atoms with Gasteiger partial charge in [0.15, 0.2) is 0 Å². The topological polar surface area (TPSA) is 104 Å². The van der Waals surface area contributed by atoms with Crippen LogP contribution in [0.1, 0.15) is 27.9 Å². The van der Waals surface area contributed by atoms with Gasteiger partial charge >= 0.3 is 0 Å². The SMILES string of the molecule is CNS(=O)(=O)c1ccc(C)c(C(=O)NCCC(=O)NCc2ccccc2)c1. The molecule has 144 valence electrons. The van der Waals surface area contributed by atoms with Crippen molar-refractivity contribution in [2.45, 2.75) is 24.8 Å². The fourth-order valence-electron chi connectivity index (χ4n) is 2.40. The van der Waals surface area contributed by atoms with Crippen molar-refractivity contribution >= 4 is 21.8 Å². The highest BCUT2D eigenvalue weighted by Crippen LogP contribution is 2.15. The lowest BCUT2D eigenvalue weighted by Gasteiger charge is -2.10. The lowest BCUT2D eigenvalue weighted by molar-refractivity contribution is -0.121. The number of rotatable bonds is 8. The third-order valence-corrected chi connectivity index (χ3v) is 5.41. The maximum Gasteiger partial charge on any atom is 0.251 e. The lowest BCUT2D eigenvalue weighted by atomic mass is 10.1. The van der Waals surface area contributed by atoms with E-state index in [9.17, 15) is 18.0 Å². The molecule has 0 aliphatic heterocycles. The van der Waals surface area contributed by atoms with E-state index in [4.69, 9.17) is 0 Å². The quantitative estimate of drug-likeness (QED) is 0.634. The minimum absolute atomic E-state index is 0.0151. The highest BCUT2D eigenvalue weighted by atomic mass is 32.2. The number of nitrogens with one attached hydrogen (secondary N) is 3. The van der Waals surface area contributed by atoms with Gasteiger partial charge in [0.1, 0.15) is 0 Å². The Labute approximate surface area is 159 Å². The molecule has 0 heterocycles. The molecular formula is C19H23N3O4S. The summed E-state index contributed by atoms with van der Waals surface area (Å²) in [4.78, 5) is 24.2. The van der Waals surface area contributed by atoms with Gasteiger partial charge in [0, 0.05) is 25.1 Å². The number of benzene rings is 2. The Morgan fingerprint density at radius 3 is 2.37 bits per heavy atom. The summed E-state index contributed by atoms with van der Waals surface area (Å²) in [5, 5.41) is 5.43. The fourth-order valence-corrected chi connectivity index (χ4v) is 3.16. The second-order valence-corrected chi connectivity index (χ2v) is 7.84. The molecule has 0 spiro atoms. The molecule has 0 radical (unpaired) electrons. The third kappa shape index (κ3) is 5.90. The van der Waals surface area contributed by atoms with E-state index in [1.807, 2.05) is 30.3 Å². The molecule has 0 saturated carbocycles. The molecule has 8 heteroatoms. The van der Waals surface area contributed by atoms with Crippen LogP contribution in [-0.2, 0) is 21.4 Å². The minimum atomic E-state index is -3.63. The zero-order chi connectivity index (χ0) is 19.9. The van der Waals surface area contributed by atoms with Gasteiger partial charge in [-0.15, -0.1) is 0 Å². The van der Waals surface area contributed by atoms with Gasteiger partial charge < -0.3 is 10.6 Å². The predicted octanol–water partition coefficient (Wildman–Crippen LogP) is 1.34. The second kappa shape index (κ2) is 9.29. The Morgan fingerprint density at radius 2 is 1.70 bits per heavy atom. The Hall–Kier alpha value is -2.71. The van der Waals surface area contributed by atoms with Crippen molar-refractivity contribution in [3.63, 3.8) is 0 Å². The molecule has 0 bridgehead atoms. The van der Waals surface area contributed by atoms with Crippen LogP contribution >= 0.6 is 0 Å². The van der Waals surface area contributed by atoms with Crippen LogP contribution in [0.3, 0.4) is 0 Å². The van der Waals surface area contributed by atoms with Crippen LogP contribution < -0.4 is 15.4 Å². The van der Waals surface area contributed by atoms with Crippen LogP contribution in [0.4, 0.5) is 0 Å². The average Bonchev–Trinajstić information content (AvgIpc) is 2.67. The van der Waals surface area contributed by atoms with Crippen molar-refractivity contribution in [1.29, 1.82) is 0 Å². The molecule has 3 N–H and O–H groups in total. The fraction of sp³-hybridized carbons (Fsp3) is 0.263. The summed E-state index contributed by atoms with van der Waals surface area (Å²) >= 11 is 0. The number of hydrogen-bond donors (Lipinski definition) is 3. The van der Waals surface area contributed by atoms with Gasteiger partial charge in [-0.3, -0.25) is 9.59 Å². The van der Waals surface area contributed by atoms with Crippen LogP contribution in [0.5, 0.6) is 0 Å². The van der Waals surface area contributed by atoms with E-state index in [-0.39, 0.29) is 29.3 Å². The van der Waals surface area contributed by atoms with E-state index in [0.717, 1.165) is 5.56 Å². The minimum Gasteiger partial charge on any atom is -0.352 e. The molecule has 0 aliphatic rings. The van der Waals surface area contributed by atoms with Crippen molar-refractivity contribution in [3.05, 3.63) is 65.2 Å². The average molecular weight is 389 g/mol. The van der Waals surface area contributed by atoms with E-state index < -0.39 is 15.9 Å². The van der Waals surface area contributed by atoms with Crippen LogP contribution in [0.15, 0.2) is 53.4 Å². The number of sulfonamides is 1. The summed E-state index contributed by atoms with van der Waals surface area (Å²) in [6.07, 6.45) is 0.131. The van der Waals surface area contributed by atoms with Crippen molar-refractivity contribution in [2.75, 3.05) is 13.6 Å². The zero-order valence-electron chi connectivity index (χ0n) is 15.3. The maximum absolute atomic E-state index is 12.3. The third-order valence-electron chi connectivity index (χ3n) is 4.00. The normalized spacial score (nSPS) is 11.0. The van der Waals surface area contributed by atoms with Crippen LogP contribution in [0, 0.1) is 6.92 Å². The Kier molecular flexibility index (Phi) is 7.09. The molecule has 7 nitrogen and oxygen atoms in total. The first-order valence-electron chi connectivity index (χ1n) is 8.46. The van der Waals surface area contributed by atoms with Crippen molar-refractivity contribution in [2.24, 2.45) is 0 Å². The molecular weight excluding hydrogens is 366 g/mol. The molecule has 2 amide bonds. The van der Waals surface area contributed by atoms with Crippen LogP contribution in [0.2, 0.25) is 0 Å². The Bertz CT molecular complexity index is 912. The van der Waals surface area contributed by atoms with E-state index in [1.54, 1.807) is 13.0 Å². The van der Waals surface area contributed by atoms with E-state index in [0.29, 0.717) is 12.1 Å². The van der Waals surface area contributed by atoms with E-state index >= 15 is 0 Å². The van der Waals surface area contributed by atoms with Crippen LogP contribution in [-0.4, -0.2) is 33.8 Å². The predicted molar refractivity (Wildman–Crippen MR) is 103 cm³/mol. The van der Waals surface area contributed by atoms with Crippen molar-refractivity contribution in [3.8, 4) is 0 Å². The Morgan fingerprint density at radius 1 is 1.00 bits per heavy atom. The molecule has 27 heavy (non-hydrogen) atoms. The molecule has 0 aliphatic carbocycles. The van der Waals surface area contributed by atoms with E-state index in [2.05, 4.69) is 15.4 Å². The first kappa shape index (κ1) is 20.6. The standard InChI is InChI=1S/C19H23N3O4S/c1-14-8-9-16(27(25,26)20-2)12-17(14)19(24)21-11-10-18(23)22-13-15-6-4-3-5-7-15/h3-9,12,20H,10-11,13H2,1-2H3,(H,21,24)(H,22,23). The summed E-state index contributed by atoms with van der Waals surface area (Å²) in [7, 11) is -2.32. The maximum atomic E-state index is 12.3. The van der Waals surface area contributed by atoms with Gasteiger partial charge in [0.05, 0.1) is 4.90 Å². The smallest absolute Gasteiger partial charge is 0.251 e. The first-order chi connectivity index (χ1) is 12.8. The van der Waals surface area contributed by atoms with Gasteiger partial charge in [0.25, 0.3) is 5.91 Å². The van der Waals surface area contributed by atoms with Crippen molar-refractivity contribution in [1.82, 2.24) is 15.4 Å². The summed E-state index contributed by atoms with van der Waals surface area (Å²) in [6, 6.07) is 13.9. The lowest BCUT2D eigenvalue weighted by Crippen LogP contribution is -2.31. The second-order valence-electron chi connectivity index (χ2n) is 5.95. The van der Waals surface area contributed by atoms with Gasteiger partial charge in [-0.1, -0.05) is 36.4 Å². The summed E-state index contributed by atoms with van der Waals surface area (Å²) < 4.78 is 26.0. The Balaban J connectivity index is 1.88. The van der Waals surface area contributed by atoms with Gasteiger partial charge in [-0.2, -0.15) is 0 Å². The van der Waals surface area contributed by atoms with Crippen LogP contribution in [0.25, 0.3) is 0 Å². The summed E-state index contributed by atoms with van der Waals surface area (Å²) in [6.45, 7) is 2.30. The molecule has 2 aromatic carbocycles. The number of carbonyl (C=O) groups excluding carboxylic acids is 2. The zero-order valence-corrected chi connectivity index (χ0v) is 16.1. The highest BCUT2D eigenvalue weighted by molar-refractivity contribution is 7.89.